The van der Waals surface area contributed by atoms with E-state index in [1.807, 2.05) is 0 Å². The highest BCUT2D eigenvalue weighted by Crippen LogP contribution is 2.28. The molecule has 1 aliphatic rings. The van der Waals surface area contributed by atoms with E-state index in [0.717, 1.165) is 19.1 Å². The van der Waals surface area contributed by atoms with Gasteiger partial charge in [-0.05, 0) is 68.0 Å². The van der Waals surface area contributed by atoms with Crippen molar-refractivity contribution in [2.45, 2.75) is 30.6 Å². The van der Waals surface area contributed by atoms with E-state index in [1.54, 1.807) is 6.07 Å². The van der Waals surface area contributed by atoms with Gasteiger partial charge in [-0.15, -0.1) is 0 Å². The predicted molar refractivity (Wildman–Crippen MR) is 119 cm³/mol. The summed E-state index contributed by atoms with van der Waals surface area (Å²) >= 11 is 0. The highest BCUT2D eigenvalue weighted by atomic mass is 32.2. The lowest BCUT2D eigenvalue weighted by atomic mass is 9.81. The van der Waals surface area contributed by atoms with Crippen molar-refractivity contribution >= 4 is 27.6 Å². The average Bonchev–Trinajstić information content (AvgIpc) is 2.81. The third-order valence-electron chi connectivity index (χ3n) is 5.73. The standard InChI is InChI=1S/C23H26FN3O5S/c1-33(31,32)18-12-10-17(11-13-18)22(29)27-26-21(28)16-8-6-15(7-9-16)14-25-23(30)19-4-2-3-5-20(19)24/h2-5,10-13,15-16H,6-9,14H2,1H3,(H,25,30)(H,26,28)(H,27,29). The molecule has 1 fully saturated rings. The van der Waals surface area contributed by atoms with Crippen LogP contribution in [0.25, 0.3) is 0 Å². The zero-order chi connectivity index (χ0) is 24.0. The normalized spacial score (nSPS) is 18.2. The maximum atomic E-state index is 13.7. The zero-order valence-electron chi connectivity index (χ0n) is 18.1. The Balaban J connectivity index is 1.40. The molecule has 0 aliphatic heterocycles. The van der Waals surface area contributed by atoms with Crippen LogP contribution < -0.4 is 16.2 Å². The molecule has 0 aromatic heterocycles. The molecule has 3 amide bonds. The van der Waals surface area contributed by atoms with Gasteiger partial charge in [0.05, 0.1) is 10.5 Å². The van der Waals surface area contributed by atoms with Crippen LogP contribution in [0.1, 0.15) is 46.4 Å². The highest BCUT2D eigenvalue weighted by molar-refractivity contribution is 7.90. The van der Waals surface area contributed by atoms with Crippen molar-refractivity contribution < 1.29 is 27.2 Å². The van der Waals surface area contributed by atoms with Crippen molar-refractivity contribution in [3.63, 3.8) is 0 Å². The molecule has 0 saturated heterocycles. The highest BCUT2D eigenvalue weighted by Gasteiger charge is 2.27. The maximum Gasteiger partial charge on any atom is 0.269 e. The van der Waals surface area contributed by atoms with Gasteiger partial charge in [-0.25, -0.2) is 12.8 Å². The SMILES string of the molecule is CS(=O)(=O)c1ccc(C(=O)NNC(=O)C2CCC(CNC(=O)c3ccccc3F)CC2)cc1. The van der Waals surface area contributed by atoms with Gasteiger partial charge >= 0.3 is 0 Å². The summed E-state index contributed by atoms with van der Waals surface area (Å²) in [6.07, 6.45) is 3.72. The van der Waals surface area contributed by atoms with Crippen molar-refractivity contribution in [3.05, 3.63) is 65.5 Å². The third kappa shape index (κ3) is 6.61. The molecule has 3 rings (SSSR count). The molecule has 2 aromatic carbocycles. The lowest BCUT2D eigenvalue weighted by molar-refractivity contribution is -0.127. The number of amides is 3. The number of halogens is 1. The summed E-state index contributed by atoms with van der Waals surface area (Å²) < 4.78 is 36.7. The molecule has 0 atom stereocenters. The first-order chi connectivity index (χ1) is 15.6. The van der Waals surface area contributed by atoms with Gasteiger partial charge in [0, 0.05) is 24.3 Å². The van der Waals surface area contributed by atoms with E-state index in [-0.39, 0.29) is 33.8 Å². The molecular weight excluding hydrogens is 449 g/mol. The fourth-order valence-electron chi connectivity index (χ4n) is 3.75. The van der Waals surface area contributed by atoms with Gasteiger partial charge < -0.3 is 5.32 Å². The smallest absolute Gasteiger partial charge is 0.269 e. The fraction of sp³-hybridized carbons (Fsp3) is 0.348. The summed E-state index contributed by atoms with van der Waals surface area (Å²) in [7, 11) is -3.36. The van der Waals surface area contributed by atoms with Crippen LogP contribution in [0.5, 0.6) is 0 Å². The van der Waals surface area contributed by atoms with Crippen LogP contribution in [-0.4, -0.2) is 38.9 Å². The second kappa shape index (κ2) is 10.6. The molecule has 1 aliphatic carbocycles. The molecule has 33 heavy (non-hydrogen) atoms. The fourth-order valence-corrected chi connectivity index (χ4v) is 4.38. The van der Waals surface area contributed by atoms with Gasteiger partial charge in [0.1, 0.15) is 5.82 Å². The first-order valence-corrected chi connectivity index (χ1v) is 12.5. The number of nitrogens with one attached hydrogen (secondary N) is 3. The van der Waals surface area contributed by atoms with Crippen LogP contribution in [0.2, 0.25) is 0 Å². The largest absolute Gasteiger partial charge is 0.352 e. The van der Waals surface area contributed by atoms with Gasteiger partial charge in [0.2, 0.25) is 5.91 Å². The first-order valence-electron chi connectivity index (χ1n) is 10.6. The second-order valence-electron chi connectivity index (χ2n) is 8.15. The Labute approximate surface area is 191 Å². The number of hydrogen-bond donors (Lipinski definition) is 3. The van der Waals surface area contributed by atoms with Crippen LogP contribution in [0.15, 0.2) is 53.4 Å². The summed E-state index contributed by atoms with van der Waals surface area (Å²) in [6.45, 7) is 0.404. The van der Waals surface area contributed by atoms with Crippen LogP contribution >= 0.6 is 0 Å². The summed E-state index contributed by atoms with van der Waals surface area (Å²) in [5.74, 6) is -1.95. The Morgan fingerprint density at radius 3 is 2.15 bits per heavy atom. The monoisotopic (exact) mass is 475 g/mol. The molecular formula is C23H26FN3O5S. The van der Waals surface area contributed by atoms with Crippen molar-refractivity contribution in [2.75, 3.05) is 12.8 Å². The molecule has 0 heterocycles. The van der Waals surface area contributed by atoms with Crippen LogP contribution in [0.3, 0.4) is 0 Å². The average molecular weight is 476 g/mol. The van der Waals surface area contributed by atoms with E-state index < -0.39 is 27.5 Å². The Kier molecular flexibility index (Phi) is 7.80. The number of hydrogen-bond acceptors (Lipinski definition) is 5. The van der Waals surface area contributed by atoms with Crippen molar-refractivity contribution in [1.82, 2.24) is 16.2 Å². The lowest BCUT2D eigenvalue weighted by Crippen LogP contribution is -2.45. The number of sulfone groups is 1. The molecule has 10 heteroatoms. The van der Waals surface area contributed by atoms with E-state index in [2.05, 4.69) is 16.2 Å². The van der Waals surface area contributed by atoms with Gasteiger partial charge in [0.25, 0.3) is 11.8 Å². The molecule has 2 aromatic rings. The van der Waals surface area contributed by atoms with Crippen molar-refractivity contribution in [3.8, 4) is 0 Å². The van der Waals surface area contributed by atoms with E-state index in [0.29, 0.717) is 19.4 Å². The Morgan fingerprint density at radius 1 is 0.909 bits per heavy atom. The van der Waals surface area contributed by atoms with E-state index in [1.165, 1.54) is 42.5 Å². The molecule has 0 bridgehead atoms. The summed E-state index contributed by atoms with van der Waals surface area (Å²) in [6, 6.07) is 11.2. The van der Waals surface area contributed by atoms with E-state index in [4.69, 9.17) is 0 Å². The van der Waals surface area contributed by atoms with Gasteiger partial charge in [0.15, 0.2) is 9.84 Å². The summed E-state index contributed by atoms with van der Waals surface area (Å²) in [5, 5.41) is 2.75. The Bertz CT molecular complexity index is 1130. The predicted octanol–water partition coefficient (Wildman–Crippen LogP) is 2.23. The molecule has 176 valence electrons. The second-order valence-corrected chi connectivity index (χ2v) is 10.2. The van der Waals surface area contributed by atoms with Gasteiger partial charge in [-0.2, -0.15) is 0 Å². The molecule has 0 radical (unpaired) electrons. The molecule has 0 unspecified atom stereocenters. The minimum absolute atomic E-state index is 0.00673. The number of carbonyl (C=O) groups is 3. The van der Waals surface area contributed by atoms with Gasteiger partial charge in [-0.1, -0.05) is 12.1 Å². The van der Waals surface area contributed by atoms with Crippen molar-refractivity contribution in [1.29, 1.82) is 0 Å². The summed E-state index contributed by atoms with van der Waals surface area (Å²) in [4.78, 5) is 36.8. The lowest BCUT2D eigenvalue weighted by Gasteiger charge is -2.27. The number of carbonyl (C=O) groups excluding carboxylic acids is 3. The molecule has 1 saturated carbocycles. The zero-order valence-corrected chi connectivity index (χ0v) is 19.0. The van der Waals surface area contributed by atoms with Crippen molar-refractivity contribution in [2.24, 2.45) is 11.8 Å². The first kappa shape index (κ1) is 24.4. The van der Waals surface area contributed by atoms with E-state index >= 15 is 0 Å². The molecule has 0 spiro atoms. The van der Waals surface area contributed by atoms with E-state index in [9.17, 15) is 27.2 Å². The van der Waals surface area contributed by atoms with Crippen LogP contribution in [0, 0.1) is 17.7 Å². The van der Waals surface area contributed by atoms with Crippen LogP contribution in [-0.2, 0) is 14.6 Å². The summed E-state index contributed by atoms with van der Waals surface area (Å²) in [5.41, 5.74) is 4.99. The maximum absolute atomic E-state index is 13.7. The van der Waals surface area contributed by atoms with Gasteiger partial charge in [-0.3, -0.25) is 25.2 Å². The minimum atomic E-state index is -3.36. The number of benzene rings is 2. The number of hydrazine groups is 1. The Morgan fingerprint density at radius 2 is 1.55 bits per heavy atom. The third-order valence-corrected chi connectivity index (χ3v) is 6.86. The number of rotatable bonds is 6. The molecule has 8 nitrogen and oxygen atoms in total. The quantitative estimate of drug-likeness (QED) is 0.553. The topological polar surface area (TPSA) is 121 Å². The minimum Gasteiger partial charge on any atom is -0.352 e. The van der Waals surface area contributed by atoms with Crippen LogP contribution in [0.4, 0.5) is 4.39 Å². The Hall–Kier alpha value is -3.27. The molecule has 3 N–H and O–H groups in total.